The Balaban J connectivity index is 1.69. The zero-order valence-corrected chi connectivity index (χ0v) is 13.6. The lowest BCUT2D eigenvalue weighted by atomic mass is 9.87. The molecule has 3 heteroatoms. The second-order valence-corrected chi connectivity index (χ2v) is 6.72. The molecule has 1 aromatic rings. The fourth-order valence-electron chi connectivity index (χ4n) is 4.21. The number of amides is 1. The second-order valence-electron chi connectivity index (χ2n) is 6.72. The maximum Gasteiger partial charge on any atom is 0.224 e. The topological polar surface area (TPSA) is 32.3 Å². The van der Waals surface area contributed by atoms with Gasteiger partial charge in [0, 0.05) is 31.0 Å². The van der Waals surface area contributed by atoms with Gasteiger partial charge in [-0.25, -0.2) is 0 Å². The largest absolute Gasteiger partial charge is 0.339 e. The minimum absolute atomic E-state index is 0.358. The Labute approximate surface area is 134 Å². The van der Waals surface area contributed by atoms with E-state index in [1.54, 1.807) is 0 Å². The van der Waals surface area contributed by atoms with Crippen molar-refractivity contribution in [3.8, 4) is 0 Å². The van der Waals surface area contributed by atoms with E-state index in [1.807, 2.05) is 0 Å². The van der Waals surface area contributed by atoms with Crippen molar-refractivity contribution >= 4 is 5.91 Å². The summed E-state index contributed by atoms with van der Waals surface area (Å²) in [5, 5.41) is 3.45. The first-order valence-electron chi connectivity index (χ1n) is 8.87. The van der Waals surface area contributed by atoms with E-state index >= 15 is 0 Å². The number of nitrogens with one attached hydrogen (secondary N) is 1. The molecule has 0 aromatic heterocycles. The Hall–Kier alpha value is -1.35. The Morgan fingerprint density at radius 3 is 2.77 bits per heavy atom. The molecule has 3 unspecified atom stereocenters. The number of benzene rings is 1. The quantitative estimate of drug-likeness (QED) is 0.905. The molecule has 2 saturated heterocycles. The van der Waals surface area contributed by atoms with Gasteiger partial charge in [-0.2, -0.15) is 0 Å². The molecule has 120 valence electrons. The summed E-state index contributed by atoms with van der Waals surface area (Å²) in [6.07, 6.45) is 6.44. The molecular formula is C19H28N2O. The van der Waals surface area contributed by atoms with Gasteiger partial charge in [0.05, 0.1) is 0 Å². The van der Waals surface area contributed by atoms with Crippen LogP contribution in [0.4, 0.5) is 0 Å². The molecule has 2 heterocycles. The molecule has 1 aromatic carbocycles. The lowest BCUT2D eigenvalue weighted by molar-refractivity contribution is -0.132. The van der Waals surface area contributed by atoms with E-state index in [0.29, 0.717) is 30.3 Å². The van der Waals surface area contributed by atoms with Gasteiger partial charge in [0.15, 0.2) is 0 Å². The minimum atomic E-state index is 0.358. The number of nitrogens with zero attached hydrogens (tertiary/aromatic N) is 1. The summed E-state index contributed by atoms with van der Waals surface area (Å²) in [6, 6.07) is 11.5. The van der Waals surface area contributed by atoms with Gasteiger partial charge in [0.1, 0.15) is 0 Å². The van der Waals surface area contributed by atoms with Crippen LogP contribution in [0.3, 0.4) is 0 Å². The summed E-state index contributed by atoms with van der Waals surface area (Å²) in [5.41, 5.74) is 1.38. The summed E-state index contributed by atoms with van der Waals surface area (Å²) in [7, 11) is 0. The number of rotatable bonds is 5. The fourth-order valence-corrected chi connectivity index (χ4v) is 4.21. The van der Waals surface area contributed by atoms with Gasteiger partial charge in [-0.05, 0) is 44.2 Å². The average molecular weight is 300 g/mol. The maximum absolute atomic E-state index is 12.7. The Morgan fingerprint density at radius 1 is 1.27 bits per heavy atom. The van der Waals surface area contributed by atoms with Crippen LogP contribution >= 0.6 is 0 Å². The van der Waals surface area contributed by atoms with E-state index < -0.39 is 0 Å². The highest BCUT2D eigenvalue weighted by atomic mass is 16.2. The molecule has 3 nitrogen and oxygen atoms in total. The van der Waals surface area contributed by atoms with Crippen molar-refractivity contribution in [2.24, 2.45) is 0 Å². The Kier molecular flexibility index (Phi) is 5.14. The van der Waals surface area contributed by atoms with Crippen LogP contribution in [0.1, 0.15) is 56.9 Å². The normalized spacial score (nSPS) is 26.3. The molecule has 2 aliphatic rings. The van der Waals surface area contributed by atoms with Gasteiger partial charge in [0.25, 0.3) is 0 Å². The number of hydrogen-bond donors (Lipinski definition) is 1. The third-order valence-electron chi connectivity index (χ3n) is 5.33. The molecule has 3 rings (SSSR count). The predicted molar refractivity (Wildman–Crippen MR) is 89.9 cm³/mol. The highest BCUT2D eigenvalue weighted by Crippen LogP contribution is 2.34. The van der Waals surface area contributed by atoms with Crippen molar-refractivity contribution in [2.75, 3.05) is 13.1 Å². The second kappa shape index (κ2) is 7.28. The summed E-state index contributed by atoms with van der Waals surface area (Å²) < 4.78 is 0. The summed E-state index contributed by atoms with van der Waals surface area (Å²) in [5.74, 6) is 0.834. The number of carbonyl (C=O) groups excluding carboxylic acids is 1. The third-order valence-corrected chi connectivity index (χ3v) is 5.33. The highest BCUT2D eigenvalue weighted by Gasteiger charge is 2.35. The lowest BCUT2D eigenvalue weighted by Crippen LogP contribution is -2.41. The highest BCUT2D eigenvalue weighted by molar-refractivity contribution is 5.77. The van der Waals surface area contributed by atoms with Gasteiger partial charge in [-0.15, -0.1) is 0 Å². The standard InChI is InChI=1S/C19H28N2O/c1-2-17(15-8-4-3-5-9-15)18-11-7-13-21(18)19(22)14-16-10-6-12-20-16/h3-5,8-9,16-18,20H,2,6-7,10-14H2,1H3. The first-order valence-corrected chi connectivity index (χ1v) is 8.87. The SMILES string of the molecule is CCC(c1ccccc1)C1CCCN1C(=O)CC1CCCN1. The summed E-state index contributed by atoms with van der Waals surface area (Å²) in [4.78, 5) is 14.9. The van der Waals surface area contributed by atoms with E-state index in [4.69, 9.17) is 0 Å². The molecule has 2 fully saturated rings. The fraction of sp³-hybridized carbons (Fsp3) is 0.632. The maximum atomic E-state index is 12.7. The zero-order valence-electron chi connectivity index (χ0n) is 13.6. The monoisotopic (exact) mass is 300 g/mol. The van der Waals surface area contributed by atoms with E-state index in [0.717, 1.165) is 38.8 Å². The summed E-state index contributed by atoms with van der Waals surface area (Å²) in [6.45, 7) is 4.26. The van der Waals surface area contributed by atoms with Crippen molar-refractivity contribution in [2.45, 2.75) is 63.5 Å². The Morgan fingerprint density at radius 2 is 2.09 bits per heavy atom. The van der Waals surface area contributed by atoms with Crippen LogP contribution in [-0.4, -0.2) is 36.0 Å². The van der Waals surface area contributed by atoms with Crippen LogP contribution in [0.5, 0.6) is 0 Å². The van der Waals surface area contributed by atoms with Gasteiger partial charge in [-0.3, -0.25) is 4.79 Å². The van der Waals surface area contributed by atoms with Crippen molar-refractivity contribution < 1.29 is 4.79 Å². The van der Waals surface area contributed by atoms with E-state index in [2.05, 4.69) is 47.5 Å². The van der Waals surface area contributed by atoms with Crippen molar-refractivity contribution in [3.63, 3.8) is 0 Å². The minimum Gasteiger partial charge on any atom is -0.339 e. The van der Waals surface area contributed by atoms with E-state index in [9.17, 15) is 4.79 Å². The first kappa shape index (κ1) is 15.5. The number of hydrogen-bond acceptors (Lipinski definition) is 2. The van der Waals surface area contributed by atoms with E-state index in [-0.39, 0.29) is 0 Å². The van der Waals surface area contributed by atoms with Crippen LogP contribution < -0.4 is 5.32 Å². The third kappa shape index (κ3) is 3.35. The smallest absolute Gasteiger partial charge is 0.224 e. The van der Waals surface area contributed by atoms with Gasteiger partial charge in [0.2, 0.25) is 5.91 Å². The predicted octanol–water partition coefficient (Wildman–Crippen LogP) is 3.31. The van der Waals surface area contributed by atoms with Crippen LogP contribution in [0, 0.1) is 0 Å². The van der Waals surface area contributed by atoms with Crippen molar-refractivity contribution in [1.82, 2.24) is 10.2 Å². The molecule has 3 atom stereocenters. The molecule has 0 aliphatic carbocycles. The average Bonchev–Trinajstić information content (AvgIpc) is 3.21. The van der Waals surface area contributed by atoms with Gasteiger partial charge in [-0.1, -0.05) is 37.3 Å². The molecule has 0 spiro atoms. The van der Waals surface area contributed by atoms with Gasteiger partial charge >= 0.3 is 0 Å². The zero-order chi connectivity index (χ0) is 15.4. The number of likely N-dealkylation sites (tertiary alicyclic amines) is 1. The molecule has 0 radical (unpaired) electrons. The molecule has 2 aliphatic heterocycles. The molecule has 1 amide bonds. The molecular weight excluding hydrogens is 272 g/mol. The lowest BCUT2D eigenvalue weighted by Gasteiger charge is -2.32. The van der Waals surface area contributed by atoms with Crippen LogP contribution in [0.25, 0.3) is 0 Å². The van der Waals surface area contributed by atoms with Gasteiger partial charge < -0.3 is 10.2 Å². The molecule has 0 bridgehead atoms. The summed E-state index contributed by atoms with van der Waals surface area (Å²) >= 11 is 0. The first-order chi connectivity index (χ1) is 10.8. The van der Waals surface area contributed by atoms with Crippen molar-refractivity contribution in [3.05, 3.63) is 35.9 Å². The molecule has 1 N–H and O–H groups in total. The Bertz CT molecular complexity index is 481. The number of carbonyl (C=O) groups is 1. The van der Waals surface area contributed by atoms with Crippen LogP contribution in [0.15, 0.2) is 30.3 Å². The van der Waals surface area contributed by atoms with Crippen LogP contribution in [-0.2, 0) is 4.79 Å². The van der Waals surface area contributed by atoms with E-state index in [1.165, 1.54) is 12.0 Å². The molecule has 0 saturated carbocycles. The van der Waals surface area contributed by atoms with Crippen LogP contribution in [0.2, 0.25) is 0 Å². The van der Waals surface area contributed by atoms with Crippen molar-refractivity contribution in [1.29, 1.82) is 0 Å². The molecule has 22 heavy (non-hydrogen) atoms.